The number of rotatable bonds is 2. The monoisotopic (exact) mass is 366 g/mol. The van der Waals surface area contributed by atoms with Crippen molar-refractivity contribution in [2.24, 2.45) is 0 Å². The molecule has 2 heterocycles. The standard InChI is InChI=1S/C19H14N2O4S/c1-10-2-4-12(5-3-10)13-9-21-18(25)16(26-19(21)20-13)8-11-6-14(22)17(24)15(23)7-11/h2-9,22-24H,1H3/b16-8-. The van der Waals surface area contributed by atoms with E-state index in [0.717, 1.165) is 16.8 Å². The van der Waals surface area contributed by atoms with Gasteiger partial charge in [0.25, 0.3) is 5.56 Å². The number of benzene rings is 2. The fraction of sp³-hybridized carbons (Fsp3) is 0.0526. The number of hydrogen-bond donors (Lipinski definition) is 3. The Bertz CT molecular complexity index is 1220. The number of thiazole rings is 1. The molecule has 0 aliphatic carbocycles. The molecule has 0 amide bonds. The number of nitrogens with zero attached hydrogens (tertiary/aromatic N) is 2. The highest BCUT2D eigenvalue weighted by Gasteiger charge is 2.11. The van der Waals surface area contributed by atoms with Crippen molar-refractivity contribution in [3.63, 3.8) is 0 Å². The number of phenols is 3. The van der Waals surface area contributed by atoms with Gasteiger partial charge in [-0.1, -0.05) is 41.2 Å². The van der Waals surface area contributed by atoms with Crippen LogP contribution in [0.25, 0.3) is 22.3 Å². The molecule has 0 radical (unpaired) electrons. The predicted molar refractivity (Wildman–Crippen MR) is 99.7 cm³/mol. The highest BCUT2D eigenvalue weighted by atomic mass is 32.1. The summed E-state index contributed by atoms with van der Waals surface area (Å²) in [5, 5.41) is 28.6. The number of aromatic nitrogens is 2. The Morgan fingerprint density at radius 2 is 1.73 bits per heavy atom. The van der Waals surface area contributed by atoms with Crippen LogP contribution in [-0.2, 0) is 0 Å². The van der Waals surface area contributed by atoms with Gasteiger partial charge in [0.1, 0.15) is 0 Å². The number of phenolic OH excluding ortho intramolecular Hbond substituents is 3. The van der Waals surface area contributed by atoms with Crippen molar-refractivity contribution in [3.8, 4) is 28.5 Å². The molecule has 130 valence electrons. The first kappa shape index (κ1) is 16.2. The van der Waals surface area contributed by atoms with Crippen LogP contribution in [0, 0.1) is 6.92 Å². The minimum Gasteiger partial charge on any atom is -0.504 e. The summed E-state index contributed by atoms with van der Waals surface area (Å²) >= 11 is 1.21. The molecule has 0 spiro atoms. The molecule has 2 aromatic carbocycles. The van der Waals surface area contributed by atoms with Crippen LogP contribution in [0.3, 0.4) is 0 Å². The number of aromatic hydroxyl groups is 3. The van der Waals surface area contributed by atoms with Crippen LogP contribution in [0.1, 0.15) is 11.1 Å². The summed E-state index contributed by atoms with van der Waals surface area (Å²) in [6.07, 6.45) is 3.23. The van der Waals surface area contributed by atoms with E-state index in [1.165, 1.54) is 33.9 Å². The average molecular weight is 366 g/mol. The number of hydrogen-bond acceptors (Lipinski definition) is 6. The second kappa shape index (κ2) is 5.89. The highest BCUT2D eigenvalue weighted by molar-refractivity contribution is 7.15. The number of imidazole rings is 1. The van der Waals surface area contributed by atoms with E-state index in [4.69, 9.17) is 0 Å². The quantitative estimate of drug-likeness (QED) is 0.474. The number of aryl methyl sites for hydroxylation is 1. The van der Waals surface area contributed by atoms with Gasteiger partial charge in [-0.2, -0.15) is 0 Å². The minimum atomic E-state index is -0.590. The summed E-state index contributed by atoms with van der Waals surface area (Å²) in [7, 11) is 0. The molecule has 0 bridgehead atoms. The largest absolute Gasteiger partial charge is 0.504 e. The zero-order chi connectivity index (χ0) is 18.4. The smallest absolute Gasteiger partial charge is 0.274 e. The van der Waals surface area contributed by atoms with E-state index >= 15 is 0 Å². The zero-order valence-corrected chi connectivity index (χ0v) is 14.5. The number of fused-ring (bicyclic) bond motifs is 1. The molecule has 4 rings (SSSR count). The van der Waals surface area contributed by atoms with Crippen LogP contribution in [0.4, 0.5) is 0 Å². The van der Waals surface area contributed by atoms with Gasteiger partial charge < -0.3 is 15.3 Å². The first-order valence-electron chi connectivity index (χ1n) is 7.78. The third-order valence-corrected chi connectivity index (χ3v) is 5.02. The van der Waals surface area contributed by atoms with Crippen LogP contribution in [-0.4, -0.2) is 24.7 Å². The molecule has 2 aromatic heterocycles. The predicted octanol–water partition coefficient (Wildman–Crippen LogP) is 2.40. The van der Waals surface area contributed by atoms with Gasteiger partial charge in [0.2, 0.25) is 0 Å². The Kier molecular flexibility index (Phi) is 3.66. The first-order chi connectivity index (χ1) is 12.4. The SMILES string of the molecule is Cc1ccc(-c2cn3c(=O)/c(=C/c4cc(O)c(O)c(O)c4)sc3n2)cc1. The molecular weight excluding hydrogens is 352 g/mol. The molecule has 0 saturated carbocycles. The van der Waals surface area contributed by atoms with Gasteiger partial charge in [-0.05, 0) is 30.7 Å². The van der Waals surface area contributed by atoms with Crippen LogP contribution in [0.5, 0.6) is 17.2 Å². The van der Waals surface area contributed by atoms with E-state index in [9.17, 15) is 20.1 Å². The minimum absolute atomic E-state index is 0.233. The average Bonchev–Trinajstić information content (AvgIpc) is 3.13. The molecule has 4 aromatic rings. The van der Waals surface area contributed by atoms with E-state index in [-0.39, 0.29) is 5.56 Å². The molecule has 0 saturated heterocycles. The molecule has 0 aliphatic heterocycles. The van der Waals surface area contributed by atoms with Crippen molar-refractivity contribution < 1.29 is 15.3 Å². The maximum Gasteiger partial charge on any atom is 0.274 e. The molecule has 3 N–H and O–H groups in total. The Morgan fingerprint density at radius 1 is 1.08 bits per heavy atom. The van der Waals surface area contributed by atoms with E-state index in [0.29, 0.717) is 15.1 Å². The van der Waals surface area contributed by atoms with E-state index in [1.807, 2.05) is 31.2 Å². The Balaban J connectivity index is 1.81. The van der Waals surface area contributed by atoms with Gasteiger partial charge in [-0.25, -0.2) is 4.98 Å². The Labute approximate surface area is 151 Å². The third-order valence-electron chi connectivity index (χ3n) is 4.04. The molecular formula is C19H14N2O4S. The van der Waals surface area contributed by atoms with E-state index in [2.05, 4.69) is 4.98 Å². The fourth-order valence-electron chi connectivity index (χ4n) is 2.66. The zero-order valence-electron chi connectivity index (χ0n) is 13.7. The van der Waals surface area contributed by atoms with Gasteiger partial charge in [-0.3, -0.25) is 9.20 Å². The van der Waals surface area contributed by atoms with Gasteiger partial charge in [0, 0.05) is 11.8 Å². The molecule has 0 fully saturated rings. The lowest BCUT2D eigenvalue weighted by atomic mass is 10.1. The van der Waals surface area contributed by atoms with Crippen molar-refractivity contribution in [3.05, 3.63) is 68.6 Å². The van der Waals surface area contributed by atoms with Gasteiger partial charge in [0.05, 0.1) is 10.2 Å². The molecule has 0 atom stereocenters. The van der Waals surface area contributed by atoms with Crippen molar-refractivity contribution in [2.75, 3.05) is 0 Å². The summed E-state index contributed by atoms with van der Waals surface area (Å²) in [6, 6.07) is 10.4. The van der Waals surface area contributed by atoms with Crippen LogP contribution in [0.15, 0.2) is 47.4 Å². The summed E-state index contributed by atoms with van der Waals surface area (Å²) in [5.74, 6) is -1.49. The van der Waals surface area contributed by atoms with E-state index < -0.39 is 17.2 Å². The third kappa shape index (κ3) is 2.68. The summed E-state index contributed by atoms with van der Waals surface area (Å²) in [4.78, 5) is 17.7. The lowest BCUT2D eigenvalue weighted by Gasteiger charge is -2.01. The Hall–Kier alpha value is -3.32. The maximum atomic E-state index is 12.6. The molecule has 7 heteroatoms. The lowest BCUT2D eigenvalue weighted by Crippen LogP contribution is -2.22. The van der Waals surface area contributed by atoms with Gasteiger partial charge in [-0.15, -0.1) is 0 Å². The van der Waals surface area contributed by atoms with Crippen LogP contribution < -0.4 is 10.1 Å². The highest BCUT2D eigenvalue weighted by Crippen LogP contribution is 2.35. The maximum absolute atomic E-state index is 12.6. The molecule has 0 aliphatic rings. The van der Waals surface area contributed by atoms with Crippen LogP contribution in [0.2, 0.25) is 0 Å². The van der Waals surface area contributed by atoms with Crippen molar-refractivity contribution in [2.45, 2.75) is 6.92 Å². The van der Waals surface area contributed by atoms with Crippen LogP contribution >= 0.6 is 11.3 Å². The van der Waals surface area contributed by atoms with Crippen molar-refractivity contribution in [1.82, 2.24) is 9.38 Å². The summed E-state index contributed by atoms with van der Waals surface area (Å²) in [5.41, 5.74) is 2.97. The summed E-state index contributed by atoms with van der Waals surface area (Å²) in [6.45, 7) is 2.01. The topological polar surface area (TPSA) is 95.1 Å². The second-order valence-electron chi connectivity index (χ2n) is 5.97. The Morgan fingerprint density at radius 3 is 2.35 bits per heavy atom. The second-order valence-corrected chi connectivity index (χ2v) is 6.98. The van der Waals surface area contributed by atoms with Gasteiger partial charge >= 0.3 is 0 Å². The normalized spacial score (nSPS) is 12.1. The van der Waals surface area contributed by atoms with Gasteiger partial charge in [0.15, 0.2) is 22.2 Å². The molecule has 26 heavy (non-hydrogen) atoms. The van der Waals surface area contributed by atoms with E-state index in [1.54, 1.807) is 6.20 Å². The molecule has 6 nitrogen and oxygen atoms in total. The van der Waals surface area contributed by atoms with Crippen molar-refractivity contribution in [1.29, 1.82) is 0 Å². The molecule has 0 unspecified atom stereocenters. The fourth-order valence-corrected chi connectivity index (χ4v) is 3.61. The lowest BCUT2D eigenvalue weighted by molar-refractivity contribution is 0.368. The first-order valence-corrected chi connectivity index (χ1v) is 8.59. The summed E-state index contributed by atoms with van der Waals surface area (Å²) < 4.78 is 1.89. The van der Waals surface area contributed by atoms with Crippen molar-refractivity contribution >= 4 is 22.4 Å².